The van der Waals surface area contributed by atoms with Gasteiger partial charge in [-0.15, -0.1) is 0 Å². The van der Waals surface area contributed by atoms with Crippen molar-refractivity contribution in [1.82, 2.24) is 4.72 Å². The molecule has 0 saturated heterocycles. The fraction of sp³-hybridized carbons (Fsp3) is 0.333. The van der Waals surface area contributed by atoms with Crippen molar-refractivity contribution in [2.75, 3.05) is 16.8 Å². The number of anilines is 2. The van der Waals surface area contributed by atoms with Crippen LogP contribution in [-0.2, 0) is 26.0 Å². The minimum atomic E-state index is -3.76. The highest BCUT2D eigenvalue weighted by atomic mass is 79.9. The van der Waals surface area contributed by atoms with Crippen molar-refractivity contribution in [2.45, 2.75) is 44.6 Å². The summed E-state index contributed by atoms with van der Waals surface area (Å²) in [5.74, 6) is -0.358. The average Bonchev–Trinajstić information content (AvgIpc) is 2.99. The predicted molar refractivity (Wildman–Crippen MR) is 120 cm³/mol. The van der Waals surface area contributed by atoms with Gasteiger partial charge in [-0.2, -0.15) is 0 Å². The molecule has 0 radical (unpaired) electrons. The van der Waals surface area contributed by atoms with E-state index in [4.69, 9.17) is 0 Å². The number of amides is 2. The van der Waals surface area contributed by atoms with Crippen LogP contribution in [0.3, 0.4) is 0 Å². The van der Waals surface area contributed by atoms with Crippen LogP contribution in [0.15, 0.2) is 45.8 Å². The van der Waals surface area contributed by atoms with Gasteiger partial charge in [-0.1, -0.05) is 6.07 Å². The largest absolute Gasteiger partial charge is 0.325 e. The Morgan fingerprint density at radius 2 is 1.93 bits per heavy atom. The lowest BCUT2D eigenvalue weighted by Crippen LogP contribution is -2.33. The van der Waals surface area contributed by atoms with Crippen LogP contribution in [0.5, 0.6) is 0 Å². The van der Waals surface area contributed by atoms with Crippen molar-refractivity contribution >= 4 is 49.1 Å². The number of hydrogen-bond donors (Lipinski definition) is 2. The minimum absolute atomic E-state index is 0.000362. The topological polar surface area (TPSA) is 95.6 Å². The van der Waals surface area contributed by atoms with Gasteiger partial charge < -0.3 is 10.2 Å². The summed E-state index contributed by atoms with van der Waals surface area (Å²) >= 11 is 3.40. The molecular weight excluding hydrogens is 470 g/mol. The van der Waals surface area contributed by atoms with Gasteiger partial charge in [0.25, 0.3) is 0 Å². The zero-order valence-corrected chi connectivity index (χ0v) is 19.4. The molecule has 2 aromatic rings. The summed E-state index contributed by atoms with van der Waals surface area (Å²) in [6.45, 7) is 5.35. The van der Waals surface area contributed by atoms with Gasteiger partial charge in [0, 0.05) is 36.1 Å². The van der Waals surface area contributed by atoms with Crippen LogP contribution in [0.4, 0.5) is 11.4 Å². The number of nitrogens with zero attached hydrogens (tertiary/aromatic N) is 1. The molecular formula is C21H24BrN3O4S. The molecule has 3 rings (SSSR count). The highest BCUT2D eigenvalue weighted by molar-refractivity contribution is 9.10. The number of halogens is 1. The second-order valence-electron chi connectivity index (χ2n) is 7.41. The number of rotatable bonds is 6. The van der Waals surface area contributed by atoms with Gasteiger partial charge in [0.1, 0.15) is 0 Å². The molecule has 2 aromatic carbocycles. The molecule has 1 aliphatic heterocycles. The second kappa shape index (κ2) is 8.87. The number of hydrogen-bond acceptors (Lipinski definition) is 4. The summed E-state index contributed by atoms with van der Waals surface area (Å²) in [6.07, 6.45) is 0.603. The maximum atomic E-state index is 12.6. The van der Waals surface area contributed by atoms with Crippen LogP contribution in [0.1, 0.15) is 31.4 Å². The molecule has 7 nitrogen and oxygen atoms in total. The number of nitrogens with one attached hydrogen (secondary N) is 2. The Balaban J connectivity index is 1.61. The summed E-state index contributed by atoms with van der Waals surface area (Å²) < 4.78 is 28.5. The molecule has 2 N–H and O–H groups in total. The first kappa shape index (κ1) is 22.5. The highest BCUT2D eigenvalue weighted by Crippen LogP contribution is 2.33. The summed E-state index contributed by atoms with van der Waals surface area (Å²) in [5, 5.41) is 2.76. The van der Waals surface area contributed by atoms with Crippen molar-refractivity contribution in [1.29, 1.82) is 0 Å². The third-order valence-electron chi connectivity index (χ3n) is 4.96. The lowest BCUT2D eigenvalue weighted by Gasteiger charge is -2.20. The van der Waals surface area contributed by atoms with Crippen molar-refractivity contribution in [3.8, 4) is 0 Å². The zero-order valence-electron chi connectivity index (χ0n) is 17.0. The summed E-state index contributed by atoms with van der Waals surface area (Å²) in [6, 6.07) is 10.3. The monoisotopic (exact) mass is 493 g/mol. The predicted octanol–water partition coefficient (Wildman–Crippen LogP) is 3.36. The Hall–Kier alpha value is -2.23. The Labute approximate surface area is 185 Å². The molecule has 0 aliphatic carbocycles. The Morgan fingerprint density at radius 3 is 2.60 bits per heavy atom. The van der Waals surface area contributed by atoms with Crippen molar-refractivity contribution < 1.29 is 18.0 Å². The first-order valence-electron chi connectivity index (χ1n) is 9.57. The molecule has 1 heterocycles. The molecule has 0 saturated carbocycles. The van der Waals surface area contributed by atoms with Gasteiger partial charge >= 0.3 is 0 Å². The van der Waals surface area contributed by atoms with Crippen molar-refractivity contribution in [3.63, 3.8) is 0 Å². The van der Waals surface area contributed by atoms with Crippen LogP contribution in [0.25, 0.3) is 0 Å². The quantitative estimate of drug-likeness (QED) is 0.644. The van der Waals surface area contributed by atoms with Gasteiger partial charge in [0.05, 0.1) is 10.6 Å². The molecule has 1 unspecified atom stereocenters. The van der Waals surface area contributed by atoms with Crippen LogP contribution in [-0.4, -0.2) is 32.8 Å². The van der Waals surface area contributed by atoms with E-state index in [-0.39, 0.29) is 35.7 Å². The summed E-state index contributed by atoms with van der Waals surface area (Å²) in [7, 11) is -3.76. The van der Waals surface area contributed by atoms with E-state index < -0.39 is 10.0 Å². The normalized spacial score (nSPS) is 15.7. The molecule has 30 heavy (non-hydrogen) atoms. The standard InChI is InChI=1S/C21H24BrN3O4S/c1-13-4-6-19(18(22)10-13)24-21(27)8-9-23-30(28,29)17-5-7-20-16(12-17)11-14(2)25(20)15(3)26/h4-7,10,12,14,23H,8-9,11H2,1-3H3,(H,24,27). The van der Waals surface area contributed by atoms with Crippen molar-refractivity contribution in [3.05, 3.63) is 52.0 Å². The van der Waals surface area contributed by atoms with E-state index in [2.05, 4.69) is 26.0 Å². The smallest absolute Gasteiger partial charge is 0.240 e. The van der Waals surface area contributed by atoms with Crippen LogP contribution in [0, 0.1) is 6.92 Å². The van der Waals surface area contributed by atoms with E-state index in [1.54, 1.807) is 23.1 Å². The molecule has 9 heteroatoms. The lowest BCUT2D eigenvalue weighted by atomic mass is 10.1. The molecule has 0 aromatic heterocycles. The second-order valence-corrected chi connectivity index (χ2v) is 10.0. The molecule has 0 spiro atoms. The fourth-order valence-electron chi connectivity index (χ4n) is 3.57. The maximum absolute atomic E-state index is 12.6. The number of sulfonamides is 1. The first-order chi connectivity index (χ1) is 14.1. The van der Waals surface area contributed by atoms with Crippen LogP contribution < -0.4 is 14.9 Å². The van der Waals surface area contributed by atoms with Crippen molar-refractivity contribution in [2.24, 2.45) is 0 Å². The number of aryl methyl sites for hydroxylation is 1. The van der Waals surface area contributed by atoms with Crippen LogP contribution >= 0.6 is 15.9 Å². The molecule has 0 bridgehead atoms. The summed E-state index contributed by atoms with van der Waals surface area (Å²) in [5.41, 5.74) is 3.26. The molecule has 2 amide bonds. The lowest BCUT2D eigenvalue weighted by molar-refractivity contribution is -0.117. The van der Waals surface area contributed by atoms with Crippen LogP contribution in [0.2, 0.25) is 0 Å². The Kier molecular flexibility index (Phi) is 6.64. The SMILES string of the molecule is CC(=O)N1c2ccc(S(=O)(=O)NCCC(=O)Nc3ccc(C)cc3Br)cc2CC1C. The maximum Gasteiger partial charge on any atom is 0.240 e. The van der Waals surface area contributed by atoms with E-state index in [1.807, 2.05) is 26.0 Å². The Bertz CT molecular complexity index is 1100. The molecule has 160 valence electrons. The first-order valence-corrected chi connectivity index (χ1v) is 11.8. The number of benzene rings is 2. The third kappa shape index (κ3) is 4.91. The van der Waals surface area contributed by atoms with Gasteiger partial charge in [0.15, 0.2) is 0 Å². The van der Waals surface area contributed by atoms with E-state index >= 15 is 0 Å². The van der Waals surface area contributed by atoms with Gasteiger partial charge in [-0.25, -0.2) is 13.1 Å². The van der Waals surface area contributed by atoms with Gasteiger partial charge in [-0.3, -0.25) is 9.59 Å². The number of carbonyl (C=O) groups is 2. The minimum Gasteiger partial charge on any atom is -0.325 e. The number of carbonyl (C=O) groups excluding carboxylic acids is 2. The van der Waals surface area contributed by atoms with E-state index in [1.165, 1.54) is 13.0 Å². The molecule has 0 fully saturated rings. The third-order valence-corrected chi connectivity index (χ3v) is 7.07. The molecule has 1 atom stereocenters. The van der Waals surface area contributed by atoms with E-state index in [9.17, 15) is 18.0 Å². The zero-order chi connectivity index (χ0) is 22.1. The molecule has 1 aliphatic rings. The van der Waals surface area contributed by atoms with E-state index in [0.717, 1.165) is 21.3 Å². The fourth-order valence-corrected chi connectivity index (χ4v) is 5.25. The van der Waals surface area contributed by atoms with Gasteiger partial charge in [0.2, 0.25) is 21.8 Å². The van der Waals surface area contributed by atoms with Gasteiger partial charge in [-0.05, 0) is 77.7 Å². The summed E-state index contributed by atoms with van der Waals surface area (Å²) in [4.78, 5) is 25.8. The Morgan fingerprint density at radius 1 is 1.20 bits per heavy atom. The highest BCUT2D eigenvalue weighted by Gasteiger charge is 2.30. The average molecular weight is 494 g/mol. The van der Waals surface area contributed by atoms with E-state index in [0.29, 0.717) is 12.1 Å². The number of fused-ring (bicyclic) bond motifs is 1.